The van der Waals surface area contributed by atoms with Crippen molar-refractivity contribution in [3.05, 3.63) is 42.0 Å². The van der Waals surface area contributed by atoms with Gasteiger partial charge >= 0.3 is 0 Å². The van der Waals surface area contributed by atoms with E-state index < -0.39 is 0 Å². The molecule has 0 radical (unpaired) electrons. The minimum Gasteiger partial charge on any atom is -0.317 e. The molecular weight excluding hydrogens is 244 g/mol. The molecule has 1 aliphatic carbocycles. The first kappa shape index (κ1) is 13.8. The van der Waals surface area contributed by atoms with Crippen molar-refractivity contribution in [3.8, 4) is 0 Å². The van der Waals surface area contributed by atoms with Gasteiger partial charge in [-0.15, -0.1) is 0 Å². The number of hydrogen-bond donors (Lipinski definition) is 2. The molecule has 1 saturated carbocycles. The zero-order chi connectivity index (χ0) is 13.8. The van der Waals surface area contributed by atoms with Crippen LogP contribution in [-0.4, -0.2) is 25.7 Å². The van der Waals surface area contributed by atoms with Crippen molar-refractivity contribution in [3.63, 3.8) is 0 Å². The lowest BCUT2D eigenvalue weighted by Gasteiger charge is -2.22. The Morgan fingerprint density at radius 3 is 2.75 bits per heavy atom. The predicted octanol–water partition coefficient (Wildman–Crippen LogP) is 3.07. The Labute approximate surface area is 122 Å². The van der Waals surface area contributed by atoms with Gasteiger partial charge in [0, 0.05) is 6.04 Å². The molecule has 1 aromatic rings. The molecule has 1 aliphatic heterocycles. The number of benzene rings is 1. The quantitative estimate of drug-likeness (QED) is 0.859. The van der Waals surface area contributed by atoms with Gasteiger partial charge in [-0.2, -0.15) is 0 Å². The van der Waals surface area contributed by atoms with Gasteiger partial charge in [-0.25, -0.2) is 0 Å². The van der Waals surface area contributed by atoms with Crippen LogP contribution in [-0.2, 0) is 0 Å². The van der Waals surface area contributed by atoms with Crippen molar-refractivity contribution in [1.29, 1.82) is 0 Å². The third kappa shape index (κ3) is 3.71. The molecule has 0 aromatic heterocycles. The Morgan fingerprint density at radius 1 is 1.25 bits per heavy atom. The van der Waals surface area contributed by atoms with Gasteiger partial charge in [0.1, 0.15) is 0 Å². The van der Waals surface area contributed by atoms with Gasteiger partial charge in [0.15, 0.2) is 0 Å². The molecule has 0 spiro atoms. The molecule has 0 amide bonds. The lowest BCUT2D eigenvalue weighted by atomic mass is 9.98. The molecule has 3 rings (SSSR count). The Bertz CT molecular complexity index is 446. The van der Waals surface area contributed by atoms with Crippen LogP contribution in [0.4, 0.5) is 0 Å². The Morgan fingerprint density at radius 2 is 2.00 bits per heavy atom. The van der Waals surface area contributed by atoms with E-state index in [4.69, 9.17) is 0 Å². The molecule has 2 heteroatoms. The van der Waals surface area contributed by atoms with Crippen molar-refractivity contribution in [1.82, 2.24) is 10.6 Å². The molecule has 2 atom stereocenters. The third-order valence-corrected chi connectivity index (χ3v) is 4.66. The summed E-state index contributed by atoms with van der Waals surface area (Å²) in [5, 5.41) is 7.19. The highest BCUT2D eigenvalue weighted by Crippen LogP contribution is 2.34. The molecule has 1 aromatic carbocycles. The number of allylic oxidation sites excluding steroid dienone is 1. The Balaban J connectivity index is 1.44. The van der Waals surface area contributed by atoms with Crippen LogP contribution < -0.4 is 10.6 Å². The highest BCUT2D eigenvalue weighted by atomic mass is 15.0. The minimum absolute atomic E-state index is 0.726. The molecule has 2 aliphatic rings. The van der Waals surface area contributed by atoms with Crippen LogP contribution in [0.1, 0.15) is 31.7 Å². The molecule has 108 valence electrons. The lowest BCUT2D eigenvalue weighted by Crippen LogP contribution is -2.34. The fourth-order valence-electron chi connectivity index (χ4n) is 3.16. The average Bonchev–Trinajstić information content (AvgIpc) is 3.25. The van der Waals surface area contributed by atoms with Crippen LogP contribution in [0.3, 0.4) is 0 Å². The Hall–Kier alpha value is -1.12. The molecule has 2 unspecified atom stereocenters. The van der Waals surface area contributed by atoms with Gasteiger partial charge in [-0.05, 0) is 68.8 Å². The van der Waals surface area contributed by atoms with E-state index >= 15 is 0 Å². The summed E-state index contributed by atoms with van der Waals surface area (Å²) in [5.74, 6) is 1.63. The summed E-state index contributed by atoms with van der Waals surface area (Å²) in [7, 11) is 0. The maximum atomic E-state index is 3.76. The molecule has 1 saturated heterocycles. The SMILES string of the molecule is CC(=CC1CC1NCC1CCNCC1)c1ccccc1. The smallest absolute Gasteiger partial charge is 0.0137 e. The van der Waals surface area contributed by atoms with E-state index in [-0.39, 0.29) is 0 Å². The van der Waals surface area contributed by atoms with Crippen LogP contribution in [0.5, 0.6) is 0 Å². The van der Waals surface area contributed by atoms with Gasteiger partial charge in [0.05, 0.1) is 0 Å². The molecule has 2 N–H and O–H groups in total. The van der Waals surface area contributed by atoms with E-state index in [1.54, 1.807) is 0 Å². The van der Waals surface area contributed by atoms with Gasteiger partial charge < -0.3 is 10.6 Å². The molecule has 1 heterocycles. The number of hydrogen-bond acceptors (Lipinski definition) is 2. The zero-order valence-electron chi connectivity index (χ0n) is 12.4. The fraction of sp³-hybridized carbons (Fsp3) is 0.556. The highest BCUT2D eigenvalue weighted by molar-refractivity contribution is 5.64. The van der Waals surface area contributed by atoms with E-state index in [2.05, 4.69) is 54.0 Å². The van der Waals surface area contributed by atoms with Gasteiger partial charge in [-0.3, -0.25) is 0 Å². The van der Waals surface area contributed by atoms with Gasteiger partial charge in [0.25, 0.3) is 0 Å². The largest absolute Gasteiger partial charge is 0.317 e. The first-order valence-corrected chi connectivity index (χ1v) is 8.01. The second kappa shape index (κ2) is 6.55. The van der Waals surface area contributed by atoms with Crippen LogP contribution >= 0.6 is 0 Å². The van der Waals surface area contributed by atoms with Crippen molar-refractivity contribution >= 4 is 5.57 Å². The van der Waals surface area contributed by atoms with Gasteiger partial charge in [0.2, 0.25) is 0 Å². The summed E-state index contributed by atoms with van der Waals surface area (Å²) >= 11 is 0. The summed E-state index contributed by atoms with van der Waals surface area (Å²) in [6.07, 6.45) is 6.44. The first-order valence-electron chi connectivity index (χ1n) is 8.01. The van der Waals surface area contributed by atoms with Crippen molar-refractivity contribution in [2.24, 2.45) is 11.8 Å². The first-order chi connectivity index (χ1) is 9.83. The average molecular weight is 270 g/mol. The summed E-state index contributed by atoms with van der Waals surface area (Å²) in [4.78, 5) is 0. The molecular formula is C18H26N2. The van der Waals surface area contributed by atoms with Crippen molar-refractivity contribution < 1.29 is 0 Å². The second-order valence-electron chi connectivity index (χ2n) is 6.32. The van der Waals surface area contributed by atoms with Crippen LogP contribution in [0.15, 0.2) is 36.4 Å². The monoisotopic (exact) mass is 270 g/mol. The topological polar surface area (TPSA) is 24.1 Å². The third-order valence-electron chi connectivity index (χ3n) is 4.66. The van der Waals surface area contributed by atoms with E-state index in [0.29, 0.717) is 0 Å². The number of piperidine rings is 1. The summed E-state index contributed by atoms with van der Waals surface area (Å²) in [6, 6.07) is 11.4. The van der Waals surface area contributed by atoms with Crippen molar-refractivity contribution in [2.75, 3.05) is 19.6 Å². The molecule has 20 heavy (non-hydrogen) atoms. The normalized spacial score (nSPS) is 27.6. The number of rotatable bonds is 5. The van der Waals surface area contributed by atoms with Gasteiger partial charge in [-0.1, -0.05) is 36.4 Å². The molecule has 0 bridgehead atoms. The predicted molar refractivity (Wildman–Crippen MR) is 85.6 cm³/mol. The second-order valence-corrected chi connectivity index (χ2v) is 6.32. The number of nitrogens with one attached hydrogen (secondary N) is 2. The summed E-state index contributed by atoms with van der Waals surface area (Å²) in [6.45, 7) is 5.85. The van der Waals surface area contributed by atoms with Crippen LogP contribution in [0, 0.1) is 11.8 Å². The maximum Gasteiger partial charge on any atom is 0.0137 e. The standard InChI is InChI=1S/C18H26N2/c1-14(16-5-3-2-4-6-16)11-17-12-18(17)20-13-15-7-9-19-10-8-15/h2-6,11,15,17-20H,7-10,12-13H2,1H3. The summed E-state index contributed by atoms with van der Waals surface area (Å²) < 4.78 is 0. The molecule has 2 nitrogen and oxygen atoms in total. The minimum atomic E-state index is 0.726. The van der Waals surface area contributed by atoms with E-state index in [1.807, 2.05) is 0 Å². The van der Waals surface area contributed by atoms with E-state index in [1.165, 1.54) is 50.0 Å². The highest BCUT2D eigenvalue weighted by Gasteiger charge is 2.35. The Kier molecular flexibility index (Phi) is 4.54. The van der Waals surface area contributed by atoms with E-state index in [0.717, 1.165) is 17.9 Å². The summed E-state index contributed by atoms with van der Waals surface area (Å²) in [5.41, 5.74) is 2.78. The zero-order valence-corrected chi connectivity index (χ0v) is 12.4. The lowest BCUT2D eigenvalue weighted by molar-refractivity contribution is 0.355. The molecule has 2 fully saturated rings. The maximum absolute atomic E-state index is 3.76. The fourth-order valence-corrected chi connectivity index (χ4v) is 3.16. The van der Waals surface area contributed by atoms with Crippen LogP contribution in [0.25, 0.3) is 5.57 Å². The van der Waals surface area contributed by atoms with Crippen LogP contribution in [0.2, 0.25) is 0 Å². The van der Waals surface area contributed by atoms with E-state index in [9.17, 15) is 0 Å². The van der Waals surface area contributed by atoms with Crippen molar-refractivity contribution in [2.45, 2.75) is 32.2 Å².